The minimum Gasteiger partial charge on any atom is -0.436 e. The number of nitrogens with zero attached hydrogens (tertiary/aromatic N) is 3. The molecule has 108 valence electrons. The van der Waals surface area contributed by atoms with Crippen molar-refractivity contribution in [1.29, 1.82) is 5.26 Å². The molecular formula is C16H16ClN3O. The lowest BCUT2D eigenvalue weighted by molar-refractivity contribution is 0.447. The van der Waals surface area contributed by atoms with Crippen molar-refractivity contribution in [2.45, 2.75) is 33.6 Å². The predicted molar refractivity (Wildman–Crippen MR) is 81.8 cm³/mol. The van der Waals surface area contributed by atoms with E-state index in [0.29, 0.717) is 16.3 Å². The van der Waals surface area contributed by atoms with Gasteiger partial charge < -0.3 is 4.74 Å². The fraction of sp³-hybridized carbons (Fsp3) is 0.312. The molecule has 0 fully saturated rings. The molecule has 0 aliphatic carbocycles. The average Bonchev–Trinajstić information content (AvgIpc) is 2.49. The van der Waals surface area contributed by atoms with Gasteiger partial charge in [-0.15, -0.1) is 5.10 Å². The standard InChI is InChI=1S/C16H16ClN3O/c1-4-12-13(9-18)16(20-19-14(12)5-2)21-15-7-6-11(17)8-10(15)3/h6-8H,4-5H2,1-3H3. The summed E-state index contributed by atoms with van der Waals surface area (Å²) in [6.07, 6.45) is 1.46. The van der Waals surface area contributed by atoms with E-state index >= 15 is 0 Å². The van der Waals surface area contributed by atoms with Crippen LogP contribution in [-0.4, -0.2) is 10.2 Å². The van der Waals surface area contributed by atoms with Crippen molar-refractivity contribution in [2.75, 3.05) is 0 Å². The molecule has 1 aromatic carbocycles. The molecule has 0 spiro atoms. The van der Waals surface area contributed by atoms with Gasteiger partial charge in [0.1, 0.15) is 17.4 Å². The van der Waals surface area contributed by atoms with E-state index < -0.39 is 0 Å². The fourth-order valence-corrected chi connectivity index (χ4v) is 2.40. The van der Waals surface area contributed by atoms with Gasteiger partial charge in [-0.2, -0.15) is 10.4 Å². The monoisotopic (exact) mass is 301 g/mol. The van der Waals surface area contributed by atoms with Gasteiger partial charge in [-0.25, -0.2) is 0 Å². The van der Waals surface area contributed by atoms with Gasteiger partial charge in [0.05, 0.1) is 5.69 Å². The fourth-order valence-electron chi connectivity index (χ4n) is 2.17. The van der Waals surface area contributed by atoms with Gasteiger partial charge in [-0.1, -0.05) is 25.4 Å². The van der Waals surface area contributed by atoms with Crippen LogP contribution in [0.2, 0.25) is 5.02 Å². The highest BCUT2D eigenvalue weighted by Crippen LogP contribution is 2.29. The van der Waals surface area contributed by atoms with Crippen molar-refractivity contribution >= 4 is 11.6 Å². The van der Waals surface area contributed by atoms with E-state index in [2.05, 4.69) is 16.3 Å². The lowest BCUT2D eigenvalue weighted by atomic mass is 10.0. The highest BCUT2D eigenvalue weighted by atomic mass is 35.5. The maximum absolute atomic E-state index is 9.42. The van der Waals surface area contributed by atoms with Crippen LogP contribution >= 0.6 is 11.6 Å². The Morgan fingerprint density at radius 3 is 2.57 bits per heavy atom. The molecule has 0 bridgehead atoms. The van der Waals surface area contributed by atoms with Gasteiger partial charge in [0.15, 0.2) is 0 Å². The van der Waals surface area contributed by atoms with Crippen LogP contribution in [0.5, 0.6) is 11.6 Å². The average molecular weight is 302 g/mol. The molecule has 2 rings (SSSR count). The summed E-state index contributed by atoms with van der Waals surface area (Å²) in [5, 5.41) is 18.3. The summed E-state index contributed by atoms with van der Waals surface area (Å²) < 4.78 is 5.77. The number of hydrogen-bond donors (Lipinski definition) is 0. The number of nitriles is 1. The summed E-state index contributed by atoms with van der Waals surface area (Å²) in [7, 11) is 0. The molecule has 2 aromatic rings. The topological polar surface area (TPSA) is 58.8 Å². The zero-order valence-electron chi connectivity index (χ0n) is 12.3. The van der Waals surface area contributed by atoms with Crippen molar-refractivity contribution in [3.05, 3.63) is 45.6 Å². The highest BCUT2D eigenvalue weighted by Gasteiger charge is 2.16. The summed E-state index contributed by atoms with van der Waals surface area (Å²) >= 11 is 5.93. The Morgan fingerprint density at radius 2 is 2.00 bits per heavy atom. The van der Waals surface area contributed by atoms with Crippen molar-refractivity contribution in [3.8, 4) is 17.7 Å². The molecule has 21 heavy (non-hydrogen) atoms. The van der Waals surface area contributed by atoms with Crippen LogP contribution in [0.3, 0.4) is 0 Å². The Balaban J connectivity index is 2.47. The molecule has 0 N–H and O–H groups in total. The Bertz CT molecular complexity index is 707. The summed E-state index contributed by atoms with van der Waals surface area (Å²) in [5.74, 6) is 0.869. The van der Waals surface area contributed by atoms with Crippen LogP contribution < -0.4 is 4.74 Å². The molecule has 4 nitrogen and oxygen atoms in total. The molecule has 0 atom stereocenters. The molecule has 0 saturated carbocycles. The molecule has 0 saturated heterocycles. The van der Waals surface area contributed by atoms with Crippen LogP contribution in [0.1, 0.15) is 36.2 Å². The third-order valence-corrected chi connectivity index (χ3v) is 3.50. The number of ether oxygens (including phenoxy) is 1. The van der Waals surface area contributed by atoms with Gasteiger partial charge in [0, 0.05) is 5.02 Å². The van der Waals surface area contributed by atoms with Gasteiger partial charge in [-0.05, 0) is 49.1 Å². The third-order valence-electron chi connectivity index (χ3n) is 3.27. The Morgan fingerprint density at radius 1 is 1.24 bits per heavy atom. The van der Waals surface area contributed by atoms with E-state index in [1.54, 1.807) is 18.2 Å². The van der Waals surface area contributed by atoms with E-state index in [9.17, 15) is 5.26 Å². The van der Waals surface area contributed by atoms with Crippen molar-refractivity contribution in [1.82, 2.24) is 10.2 Å². The number of rotatable bonds is 4. The van der Waals surface area contributed by atoms with E-state index in [1.807, 2.05) is 20.8 Å². The van der Waals surface area contributed by atoms with Crippen molar-refractivity contribution in [3.63, 3.8) is 0 Å². The van der Waals surface area contributed by atoms with Crippen molar-refractivity contribution in [2.24, 2.45) is 0 Å². The Hall–Kier alpha value is -2.12. The first-order chi connectivity index (χ1) is 10.1. The molecule has 0 aliphatic rings. The van der Waals surface area contributed by atoms with Gasteiger partial charge in [-0.3, -0.25) is 0 Å². The minimum atomic E-state index is 0.247. The quantitative estimate of drug-likeness (QED) is 0.848. The number of hydrogen-bond acceptors (Lipinski definition) is 4. The number of halogens is 1. The molecule has 1 heterocycles. The maximum Gasteiger partial charge on any atom is 0.257 e. The van der Waals surface area contributed by atoms with E-state index in [1.165, 1.54) is 0 Å². The SMILES string of the molecule is CCc1nnc(Oc2ccc(Cl)cc2C)c(C#N)c1CC. The zero-order chi connectivity index (χ0) is 15.4. The number of benzene rings is 1. The van der Waals surface area contributed by atoms with Crippen LogP contribution in [0, 0.1) is 18.3 Å². The first-order valence-electron chi connectivity index (χ1n) is 6.83. The minimum absolute atomic E-state index is 0.247. The maximum atomic E-state index is 9.42. The molecule has 0 radical (unpaired) electrons. The Labute approximate surface area is 129 Å². The van der Waals surface area contributed by atoms with Gasteiger partial charge in [0.2, 0.25) is 0 Å². The van der Waals surface area contributed by atoms with Crippen LogP contribution in [0.25, 0.3) is 0 Å². The molecule has 5 heteroatoms. The summed E-state index contributed by atoms with van der Waals surface area (Å²) in [5.41, 5.74) is 3.08. The van der Waals surface area contributed by atoms with E-state index in [0.717, 1.165) is 29.7 Å². The molecule has 0 unspecified atom stereocenters. The zero-order valence-corrected chi connectivity index (χ0v) is 13.0. The number of aromatic nitrogens is 2. The predicted octanol–water partition coefficient (Wildman–Crippen LogP) is 4.23. The molecule has 1 aromatic heterocycles. The molecule has 0 aliphatic heterocycles. The lowest BCUT2D eigenvalue weighted by Gasteiger charge is -2.12. The summed E-state index contributed by atoms with van der Waals surface area (Å²) in [4.78, 5) is 0. The second kappa shape index (κ2) is 6.55. The second-order valence-corrected chi connectivity index (χ2v) is 5.07. The van der Waals surface area contributed by atoms with Gasteiger partial charge in [0.25, 0.3) is 5.88 Å². The summed E-state index contributed by atoms with van der Waals surface area (Å²) in [6.45, 7) is 5.88. The number of aryl methyl sites for hydroxylation is 2. The molecular weight excluding hydrogens is 286 g/mol. The summed E-state index contributed by atoms with van der Waals surface area (Å²) in [6, 6.07) is 7.49. The normalized spacial score (nSPS) is 10.2. The largest absolute Gasteiger partial charge is 0.436 e. The molecule has 0 amide bonds. The second-order valence-electron chi connectivity index (χ2n) is 4.64. The van der Waals surface area contributed by atoms with Gasteiger partial charge >= 0.3 is 0 Å². The van der Waals surface area contributed by atoms with Crippen LogP contribution in [0.15, 0.2) is 18.2 Å². The Kier molecular flexibility index (Phi) is 4.77. The lowest BCUT2D eigenvalue weighted by Crippen LogP contribution is -2.05. The third kappa shape index (κ3) is 3.14. The van der Waals surface area contributed by atoms with Crippen LogP contribution in [-0.2, 0) is 12.8 Å². The van der Waals surface area contributed by atoms with Crippen LogP contribution in [0.4, 0.5) is 0 Å². The van der Waals surface area contributed by atoms with Crippen molar-refractivity contribution < 1.29 is 4.74 Å². The first kappa shape index (κ1) is 15.3. The first-order valence-corrected chi connectivity index (χ1v) is 7.21. The van der Waals surface area contributed by atoms with E-state index in [-0.39, 0.29) is 5.88 Å². The highest BCUT2D eigenvalue weighted by molar-refractivity contribution is 6.30. The van der Waals surface area contributed by atoms with E-state index in [4.69, 9.17) is 16.3 Å². The smallest absolute Gasteiger partial charge is 0.257 e.